The molecule has 0 rings (SSSR count). The molecule has 0 fully saturated rings. The van der Waals surface area contributed by atoms with Crippen LogP contribution in [0.3, 0.4) is 0 Å². The third-order valence-electron chi connectivity index (χ3n) is 4.45. The molecule has 33 heavy (non-hydrogen) atoms. The molecule has 0 aliphatic heterocycles. The van der Waals surface area contributed by atoms with E-state index in [4.69, 9.17) is 28.0 Å². The van der Waals surface area contributed by atoms with Crippen molar-refractivity contribution in [1.82, 2.24) is 16.0 Å². The van der Waals surface area contributed by atoms with E-state index in [0.29, 0.717) is 19.4 Å². The third kappa shape index (κ3) is 12.4. The molecule has 0 saturated carbocycles. The topological polar surface area (TPSA) is 283 Å². The number of primary amides is 2. The van der Waals surface area contributed by atoms with Gasteiger partial charge < -0.3 is 49.1 Å². The van der Waals surface area contributed by atoms with Crippen molar-refractivity contribution in [2.75, 3.05) is 13.2 Å². The van der Waals surface area contributed by atoms with Gasteiger partial charge in [-0.25, -0.2) is 4.79 Å². The summed E-state index contributed by atoms with van der Waals surface area (Å²) in [4.78, 5) is 71.0. The molecule has 0 heterocycles. The first kappa shape index (κ1) is 29.7. The van der Waals surface area contributed by atoms with Crippen LogP contribution in [0.2, 0.25) is 0 Å². The van der Waals surface area contributed by atoms with Gasteiger partial charge in [0.2, 0.25) is 29.5 Å². The van der Waals surface area contributed by atoms with Crippen LogP contribution < -0.4 is 38.9 Å². The van der Waals surface area contributed by atoms with Gasteiger partial charge in [-0.15, -0.1) is 0 Å². The molecular weight excluding hydrogens is 442 g/mol. The monoisotopic (exact) mass is 475 g/mol. The van der Waals surface area contributed by atoms with Crippen LogP contribution in [0.25, 0.3) is 0 Å². The maximum atomic E-state index is 12.7. The number of carboxylic acid groups (broad SMARTS) is 1. The number of carboxylic acids is 1. The molecule has 5 amide bonds. The zero-order valence-corrected chi connectivity index (χ0v) is 18.1. The van der Waals surface area contributed by atoms with Gasteiger partial charge in [0.25, 0.3) is 0 Å². The van der Waals surface area contributed by atoms with Crippen LogP contribution in [0.4, 0.5) is 0 Å². The van der Waals surface area contributed by atoms with Crippen LogP contribution in [0.15, 0.2) is 0 Å². The zero-order chi connectivity index (χ0) is 25.6. The fraction of sp³-hybridized carbons (Fsp3) is 0.667. The van der Waals surface area contributed by atoms with Gasteiger partial charge in [-0.05, 0) is 32.2 Å². The van der Waals surface area contributed by atoms with Crippen molar-refractivity contribution < 1.29 is 39.0 Å². The van der Waals surface area contributed by atoms with Crippen LogP contribution in [0.5, 0.6) is 0 Å². The van der Waals surface area contributed by atoms with Gasteiger partial charge in [-0.1, -0.05) is 0 Å². The molecule has 0 spiro atoms. The molecule has 0 aliphatic rings. The number of carbonyl (C=O) groups is 6. The van der Waals surface area contributed by atoms with Gasteiger partial charge in [0.15, 0.2) is 0 Å². The highest BCUT2D eigenvalue weighted by Crippen LogP contribution is 2.05. The summed E-state index contributed by atoms with van der Waals surface area (Å²) in [6, 6.07) is -5.55. The molecule has 4 atom stereocenters. The first-order valence-electron chi connectivity index (χ1n) is 10.2. The van der Waals surface area contributed by atoms with E-state index < -0.39 is 72.7 Å². The molecule has 0 aromatic heterocycles. The van der Waals surface area contributed by atoms with E-state index >= 15 is 0 Å². The van der Waals surface area contributed by atoms with Crippen LogP contribution in [0.1, 0.15) is 38.5 Å². The average Bonchev–Trinajstić information content (AvgIpc) is 2.73. The van der Waals surface area contributed by atoms with Gasteiger partial charge in [0.1, 0.15) is 24.2 Å². The fourth-order valence-corrected chi connectivity index (χ4v) is 2.62. The predicted molar refractivity (Wildman–Crippen MR) is 114 cm³/mol. The summed E-state index contributed by atoms with van der Waals surface area (Å²) in [6.07, 6.45) is -0.237. The lowest BCUT2D eigenvalue weighted by Gasteiger charge is -2.24. The smallest absolute Gasteiger partial charge is 0.326 e. The highest BCUT2D eigenvalue weighted by Gasteiger charge is 2.31. The molecule has 0 aromatic rings. The van der Waals surface area contributed by atoms with E-state index in [1.807, 2.05) is 0 Å². The molecule has 0 aliphatic carbocycles. The molecule has 15 nitrogen and oxygen atoms in total. The second-order valence-electron chi connectivity index (χ2n) is 7.27. The van der Waals surface area contributed by atoms with Gasteiger partial charge >= 0.3 is 5.97 Å². The Bertz CT molecular complexity index is 718. The molecule has 0 saturated heterocycles. The molecule has 4 unspecified atom stereocenters. The van der Waals surface area contributed by atoms with E-state index in [0.717, 1.165) is 0 Å². The summed E-state index contributed by atoms with van der Waals surface area (Å²) in [6.45, 7) is -0.416. The molecule has 188 valence electrons. The lowest BCUT2D eigenvalue weighted by molar-refractivity contribution is -0.142. The molecular formula is C18H33N7O8. The van der Waals surface area contributed by atoms with Crippen molar-refractivity contribution in [3.8, 4) is 0 Å². The van der Waals surface area contributed by atoms with Crippen molar-refractivity contribution in [2.45, 2.75) is 62.7 Å². The average molecular weight is 476 g/mol. The van der Waals surface area contributed by atoms with Crippen LogP contribution >= 0.6 is 0 Å². The minimum absolute atomic E-state index is 0.0598. The first-order valence-corrected chi connectivity index (χ1v) is 10.2. The Morgan fingerprint density at radius 3 is 1.79 bits per heavy atom. The highest BCUT2D eigenvalue weighted by atomic mass is 16.4. The number of hydrogen-bond acceptors (Lipinski definition) is 9. The van der Waals surface area contributed by atoms with Crippen molar-refractivity contribution >= 4 is 35.5 Å². The quantitative estimate of drug-likeness (QED) is 0.0903. The second kappa shape index (κ2) is 15.5. The maximum Gasteiger partial charge on any atom is 0.326 e. The molecule has 0 aromatic carbocycles. The summed E-state index contributed by atoms with van der Waals surface area (Å²) < 4.78 is 0. The number of unbranched alkanes of at least 4 members (excludes halogenated alkanes) is 1. The summed E-state index contributed by atoms with van der Waals surface area (Å²) in [5.41, 5.74) is 21.0. The van der Waals surface area contributed by atoms with Gasteiger partial charge in [0, 0.05) is 6.42 Å². The predicted octanol–water partition coefficient (Wildman–Crippen LogP) is -4.89. The Kier molecular flexibility index (Phi) is 13.9. The zero-order valence-electron chi connectivity index (χ0n) is 18.1. The van der Waals surface area contributed by atoms with E-state index in [1.54, 1.807) is 0 Å². The molecule has 15 heteroatoms. The number of rotatable bonds is 17. The summed E-state index contributed by atoms with van der Waals surface area (Å²) in [5.74, 6) is -5.85. The minimum Gasteiger partial charge on any atom is -0.480 e. The largest absolute Gasteiger partial charge is 0.480 e. The van der Waals surface area contributed by atoms with Crippen LogP contribution in [-0.2, 0) is 28.8 Å². The highest BCUT2D eigenvalue weighted by molar-refractivity contribution is 5.96. The number of aliphatic hydroxyl groups excluding tert-OH is 1. The Morgan fingerprint density at radius 1 is 0.758 bits per heavy atom. The summed E-state index contributed by atoms with van der Waals surface area (Å²) in [5, 5.41) is 25.0. The number of hydrogen-bond donors (Lipinski definition) is 9. The molecule has 13 N–H and O–H groups in total. The summed E-state index contributed by atoms with van der Waals surface area (Å²) >= 11 is 0. The van der Waals surface area contributed by atoms with Gasteiger partial charge in [0.05, 0.1) is 13.0 Å². The number of aliphatic carboxylic acids is 1. The standard InChI is InChI=1S/C18H33N7O8/c19-6-2-1-3-10(16(30)24-11(18(32)33)4-5-13(21)27)23-17(31)12(7-14(22)28)25-15(29)9(20)8-26/h9-12,26H,1-8,19-20H2,(H2,21,27)(H2,22,28)(H,23,31)(H,24,30)(H,25,29)(H,32,33). The number of amides is 5. The normalized spacial score (nSPS) is 14.3. The van der Waals surface area contributed by atoms with E-state index in [1.165, 1.54) is 0 Å². The van der Waals surface area contributed by atoms with Gasteiger partial charge in [-0.3, -0.25) is 24.0 Å². The lowest BCUT2D eigenvalue weighted by Crippen LogP contribution is -2.58. The van der Waals surface area contributed by atoms with Crippen LogP contribution in [-0.4, -0.2) is 83.0 Å². The second-order valence-corrected chi connectivity index (χ2v) is 7.27. The lowest BCUT2D eigenvalue weighted by atomic mass is 10.1. The summed E-state index contributed by atoms with van der Waals surface area (Å²) in [7, 11) is 0. The number of nitrogens with two attached hydrogens (primary N) is 4. The molecule has 0 radical (unpaired) electrons. The Labute approximate surface area is 190 Å². The maximum absolute atomic E-state index is 12.7. The van der Waals surface area contributed by atoms with Crippen molar-refractivity contribution in [3.63, 3.8) is 0 Å². The number of aliphatic hydroxyl groups is 1. The Morgan fingerprint density at radius 2 is 1.30 bits per heavy atom. The van der Waals surface area contributed by atoms with Crippen molar-refractivity contribution in [2.24, 2.45) is 22.9 Å². The van der Waals surface area contributed by atoms with Crippen molar-refractivity contribution in [1.29, 1.82) is 0 Å². The van der Waals surface area contributed by atoms with E-state index in [2.05, 4.69) is 16.0 Å². The number of carbonyl (C=O) groups excluding carboxylic acids is 5. The van der Waals surface area contributed by atoms with E-state index in [9.17, 15) is 33.9 Å². The Balaban J connectivity index is 5.49. The first-order chi connectivity index (χ1) is 15.4. The van der Waals surface area contributed by atoms with Crippen LogP contribution in [0, 0.1) is 0 Å². The van der Waals surface area contributed by atoms with Gasteiger partial charge in [-0.2, -0.15) is 0 Å². The molecule has 0 bridgehead atoms. The fourth-order valence-electron chi connectivity index (χ4n) is 2.62. The third-order valence-corrected chi connectivity index (χ3v) is 4.45. The number of nitrogens with one attached hydrogen (secondary N) is 3. The Hall–Kier alpha value is -3.30. The SMILES string of the molecule is NCCCCC(NC(=O)C(CC(N)=O)NC(=O)C(N)CO)C(=O)NC(CCC(N)=O)C(=O)O. The minimum atomic E-state index is -1.50. The van der Waals surface area contributed by atoms with E-state index in [-0.39, 0.29) is 19.3 Å². The van der Waals surface area contributed by atoms with Crippen molar-refractivity contribution in [3.05, 3.63) is 0 Å².